The van der Waals surface area contributed by atoms with Crippen LogP contribution in [-0.4, -0.2) is 49.2 Å². The maximum absolute atomic E-state index is 12.3. The van der Waals surface area contributed by atoms with E-state index in [2.05, 4.69) is 10.1 Å². The van der Waals surface area contributed by atoms with Gasteiger partial charge in [0, 0.05) is 19.0 Å². The summed E-state index contributed by atoms with van der Waals surface area (Å²) in [4.78, 5) is 28.4. The van der Waals surface area contributed by atoms with Crippen LogP contribution < -0.4 is 0 Å². The molecular formula is C12H20N4O3. The summed E-state index contributed by atoms with van der Waals surface area (Å²) in [5, 5.41) is 12.6. The first-order chi connectivity index (χ1) is 8.93. The zero-order valence-corrected chi connectivity index (χ0v) is 11.5. The van der Waals surface area contributed by atoms with Crippen LogP contribution >= 0.6 is 0 Å². The van der Waals surface area contributed by atoms with Crippen LogP contribution in [0.3, 0.4) is 0 Å². The Balaban J connectivity index is 2.65. The van der Waals surface area contributed by atoms with Crippen LogP contribution in [0.1, 0.15) is 39.7 Å². The molecule has 0 radical (unpaired) electrons. The van der Waals surface area contributed by atoms with E-state index in [0.717, 1.165) is 0 Å². The Hall–Kier alpha value is -1.92. The Morgan fingerprint density at radius 3 is 2.53 bits per heavy atom. The lowest BCUT2D eigenvalue weighted by atomic mass is 10.2. The molecule has 1 N–H and O–H groups in total. The van der Waals surface area contributed by atoms with Crippen LogP contribution in [0.25, 0.3) is 0 Å². The Morgan fingerprint density at radius 1 is 1.37 bits per heavy atom. The fourth-order valence-corrected chi connectivity index (χ4v) is 1.79. The van der Waals surface area contributed by atoms with Crippen LogP contribution in [0.5, 0.6) is 0 Å². The fourth-order valence-electron chi connectivity index (χ4n) is 1.79. The van der Waals surface area contributed by atoms with Crippen molar-refractivity contribution in [1.82, 2.24) is 19.7 Å². The molecule has 0 aromatic carbocycles. The van der Waals surface area contributed by atoms with E-state index in [1.807, 2.05) is 13.8 Å². The van der Waals surface area contributed by atoms with Gasteiger partial charge in [-0.05, 0) is 27.2 Å². The highest BCUT2D eigenvalue weighted by Crippen LogP contribution is 2.12. The van der Waals surface area contributed by atoms with Gasteiger partial charge in [0.1, 0.15) is 18.7 Å². The third-order valence-electron chi connectivity index (χ3n) is 2.89. The molecule has 1 unspecified atom stereocenters. The van der Waals surface area contributed by atoms with Gasteiger partial charge in [-0.3, -0.25) is 9.59 Å². The van der Waals surface area contributed by atoms with Crippen LogP contribution in [-0.2, 0) is 9.59 Å². The molecule has 1 aromatic rings. The minimum Gasteiger partial charge on any atom is -0.481 e. The number of aromatic nitrogens is 3. The highest BCUT2D eigenvalue weighted by Gasteiger charge is 2.24. The Morgan fingerprint density at radius 2 is 2.05 bits per heavy atom. The second-order valence-electron chi connectivity index (χ2n) is 4.67. The second-order valence-corrected chi connectivity index (χ2v) is 4.67. The van der Waals surface area contributed by atoms with Crippen LogP contribution in [0.4, 0.5) is 0 Å². The van der Waals surface area contributed by atoms with E-state index in [1.54, 1.807) is 11.8 Å². The molecule has 0 fully saturated rings. The molecule has 0 aliphatic carbocycles. The van der Waals surface area contributed by atoms with Crippen molar-refractivity contribution in [2.24, 2.45) is 0 Å². The van der Waals surface area contributed by atoms with Crippen LogP contribution in [0.15, 0.2) is 12.7 Å². The largest absolute Gasteiger partial charge is 0.481 e. The highest BCUT2D eigenvalue weighted by molar-refractivity contribution is 5.80. The minimum absolute atomic E-state index is 0.0206. The monoisotopic (exact) mass is 268 g/mol. The SMILES string of the molecule is CC(C)N(CCCC(=O)O)C(=O)C(C)n1cncn1. The summed E-state index contributed by atoms with van der Waals surface area (Å²) >= 11 is 0. The molecule has 0 aliphatic rings. The number of aliphatic carboxylic acids is 1. The van der Waals surface area contributed by atoms with Gasteiger partial charge in [0.05, 0.1) is 0 Å². The Kier molecular flexibility index (Phi) is 5.47. The molecule has 1 amide bonds. The molecule has 1 aromatic heterocycles. The van der Waals surface area contributed by atoms with Gasteiger partial charge in [0.25, 0.3) is 0 Å². The first-order valence-corrected chi connectivity index (χ1v) is 6.30. The van der Waals surface area contributed by atoms with Crippen molar-refractivity contribution in [2.45, 2.75) is 45.7 Å². The molecule has 0 bridgehead atoms. The summed E-state index contributed by atoms with van der Waals surface area (Å²) in [6.07, 6.45) is 3.39. The smallest absolute Gasteiger partial charge is 0.303 e. The van der Waals surface area contributed by atoms with Gasteiger partial charge in [-0.25, -0.2) is 9.67 Å². The highest BCUT2D eigenvalue weighted by atomic mass is 16.4. The quantitative estimate of drug-likeness (QED) is 0.795. The summed E-state index contributed by atoms with van der Waals surface area (Å²) in [5.74, 6) is -0.925. The minimum atomic E-state index is -0.847. The summed E-state index contributed by atoms with van der Waals surface area (Å²) in [5.41, 5.74) is 0. The first-order valence-electron chi connectivity index (χ1n) is 6.30. The maximum Gasteiger partial charge on any atom is 0.303 e. The van der Waals surface area contributed by atoms with Crippen molar-refractivity contribution in [3.63, 3.8) is 0 Å². The van der Waals surface area contributed by atoms with E-state index in [1.165, 1.54) is 17.3 Å². The van der Waals surface area contributed by atoms with Gasteiger partial charge in [0.15, 0.2) is 0 Å². The number of carboxylic acids is 1. The molecule has 1 atom stereocenters. The van der Waals surface area contributed by atoms with Gasteiger partial charge < -0.3 is 10.0 Å². The van der Waals surface area contributed by atoms with E-state index < -0.39 is 12.0 Å². The van der Waals surface area contributed by atoms with Crippen molar-refractivity contribution in [1.29, 1.82) is 0 Å². The van der Waals surface area contributed by atoms with E-state index >= 15 is 0 Å². The van der Waals surface area contributed by atoms with Crippen molar-refractivity contribution >= 4 is 11.9 Å². The standard InChI is InChI=1S/C12H20N4O3/c1-9(2)15(6-4-5-11(17)18)12(19)10(3)16-8-13-7-14-16/h7-10H,4-6H2,1-3H3,(H,17,18). The summed E-state index contributed by atoms with van der Waals surface area (Å²) in [6.45, 7) is 6.00. The number of amides is 1. The summed E-state index contributed by atoms with van der Waals surface area (Å²) < 4.78 is 1.49. The lowest BCUT2D eigenvalue weighted by molar-refractivity contribution is -0.139. The lowest BCUT2D eigenvalue weighted by Gasteiger charge is -2.29. The second kappa shape index (κ2) is 6.86. The average molecular weight is 268 g/mol. The number of hydrogen-bond acceptors (Lipinski definition) is 4. The predicted octanol–water partition coefficient (Wildman–Crippen LogP) is 0.941. The molecule has 0 saturated heterocycles. The van der Waals surface area contributed by atoms with Crippen molar-refractivity contribution in [3.8, 4) is 0 Å². The summed E-state index contributed by atoms with van der Waals surface area (Å²) in [6, 6.07) is -0.415. The first kappa shape index (κ1) is 15.1. The van der Waals surface area contributed by atoms with E-state index in [-0.39, 0.29) is 18.4 Å². The molecule has 0 aliphatic heterocycles. The van der Waals surface area contributed by atoms with Crippen molar-refractivity contribution in [3.05, 3.63) is 12.7 Å². The summed E-state index contributed by atoms with van der Waals surface area (Å²) in [7, 11) is 0. The molecular weight excluding hydrogens is 248 g/mol. The van der Waals surface area contributed by atoms with Crippen LogP contribution in [0.2, 0.25) is 0 Å². The van der Waals surface area contributed by atoms with Crippen LogP contribution in [0, 0.1) is 0 Å². The predicted molar refractivity (Wildman–Crippen MR) is 68.5 cm³/mol. The van der Waals surface area contributed by atoms with Crippen molar-refractivity contribution in [2.75, 3.05) is 6.54 Å². The fraction of sp³-hybridized carbons (Fsp3) is 0.667. The van der Waals surface area contributed by atoms with Gasteiger partial charge >= 0.3 is 5.97 Å². The molecule has 7 heteroatoms. The third-order valence-corrected chi connectivity index (χ3v) is 2.89. The van der Waals surface area contributed by atoms with Crippen molar-refractivity contribution < 1.29 is 14.7 Å². The number of carbonyl (C=O) groups is 2. The number of hydrogen-bond donors (Lipinski definition) is 1. The number of carbonyl (C=O) groups excluding carboxylic acids is 1. The normalized spacial score (nSPS) is 12.4. The Bertz CT molecular complexity index is 417. The molecule has 0 saturated carbocycles. The lowest BCUT2D eigenvalue weighted by Crippen LogP contribution is -2.41. The number of carboxylic acid groups (broad SMARTS) is 1. The van der Waals surface area contributed by atoms with E-state index in [4.69, 9.17) is 5.11 Å². The topological polar surface area (TPSA) is 88.3 Å². The number of nitrogens with zero attached hydrogens (tertiary/aromatic N) is 4. The molecule has 106 valence electrons. The molecule has 0 spiro atoms. The maximum atomic E-state index is 12.3. The molecule has 7 nitrogen and oxygen atoms in total. The molecule has 1 rings (SSSR count). The van der Waals surface area contributed by atoms with E-state index in [0.29, 0.717) is 13.0 Å². The van der Waals surface area contributed by atoms with Gasteiger partial charge in [-0.1, -0.05) is 0 Å². The van der Waals surface area contributed by atoms with Gasteiger partial charge in [-0.2, -0.15) is 5.10 Å². The average Bonchev–Trinajstić information content (AvgIpc) is 2.85. The Labute approximate surface area is 112 Å². The van der Waals surface area contributed by atoms with Gasteiger partial charge in [0.2, 0.25) is 5.91 Å². The van der Waals surface area contributed by atoms with E-state index in [9.17, 15) is 9.59 Å². The zero-order valence-electron chi connectivity index (χ0n) is 11.5. The molecule has 1 heterocycles. The number of rotatable bonds is 7. The van der Waals surface area contributed by atoms with Gasteiger partial charge in [-0.15, -0.1) is 0 Å². The third kappa shape index (κ3) is 4.35. The zero-order chi connectivity index (χ0) is 14.4. The molecule has 19 heavy (non-hydrogen) atoms.